The molecule has 2 aliphatic rings. The summed E-state index contributed by atoms with van der Waals surface area (Å²) in [5, 5.41) is 22.0. The van der Waals surface area contributed by atoms with Crippen LogP contribution in [0.2, 0.25) is 5.02 Å². The van der Waals surface area contributed by atoms with Gasteiger partial charge in [-0.2, -0.15) is 0 Å². The number of piperidine rings is 1. The van der Waals surface area contributed by atoms with Crippen LogP contribution in [0.25, 0.3) is 0 Å². The molecular weight excluding hydrogens is 402 g/mol. The van der Waals surface area contributed by atoms with Crippen molar-refractivity contribution >= 4 is 11.6 Å². The van der Waals surface area contributed by atoms with Crippen LogP contribution in [0.4, 0.5) is 0 Å². The Morgan fingerprint density at radius 1 is 1.23 bits per heavy atom. The first-order valence-electron chi connectivity index (χ1n) is 10.7. The van der Waals surface area contributed by atoms with Gasteiger partial charge in [0.2, 0.25) is 0 Å². The van der Waals surface area contributed by atoms with Crippen LogP contribution in [0.15, 0.2) is 36.4 Å². The number of nitrogens with zero attached hydrogens (tertiary/aromatic N) is 1. The molecule has 2 aromatic rings. The Morgan fingerprint density at radius 3 is 2.60 bits per heavy atom. The summed E-state index contributed by atoms with van der Waals surface area (Å²) < 4.78 is 11.9. The lowest BCUT2D eigenvalue weighted by Gasteiger charge is -2.46. The largest absolute Gasteiger partial charge is 0.494 e. The Labute approximate surface area is 183 Å². The van der Waals surface area contributed by atoms with Crippen LogP contribution < -0.4 is 9.47 Å². The molecule has 6 heteroatoms. The molecule has 0 aromatic heterocycles. The van der Waals surface area contributed by atoms with Crippen molar-refractivity contribution in [3.63, 3.8) is 0 Å². The highest BCUT2D eigenvalue weighted by Crippen LogP contribution is 2.45. The van der Waals surface area contributed by atoms with Crippen LogP contribution in [0, 0.1) is 6.92 Å². The van der Waals surface area contributed by atoms with Gasteiger partial charge in [0, 0.05) is 36.6 Å². The number of aliphatic hydroxyl groups excluding tert-OH is 2. The van der Waals surface area contributed by atoms with E-state index >= 15 is 0 Å². The van der Waals surface area contributed by atoms with Crippen LogP contribution in [0.5, 0.6) is 11.5 Å². The summed E-state index contributed by atoms with van der Waals surface area (Å²) in [5.41, 5.74) is 2.28. The van der Waals surface area contributed by atoms with Crippen LogP contribution in [0.3, 0.4) is 0 Å². The average molecular weight is 432 g/mol. The molecule has 30 heavy (non-hydrogen) atoms. The Hall–Kier alpha value is -1.79. The second-order valence-corrected chi connectivity index (χ2v) is 8.87. The van der Waals surface area contributed by atoms with Crippen LogP contribution in [-0.4, -0.2) is 47.0 Å². The van der Waals surface area contributed by atoms with Crippen molar-refractivity contribution in [2.75, 3.05) is 26.2 Å². The molecule has 2 aliphatic heterocycles. The first kappa shape index (κ1) is 21.4. The fraction of sp³-hybridized carbons (Fsp3) is 0.500. The second-order valence-electron chi connectivity index (χ2n) is 8.46. The number of hydrogen-bond donors (Lipinski definition) is 2. The normalized spacial score (nSPS) is 21.7. The van der Waals surface area contributed by atoms with E-state index in [1.54, 1.807) is 0 Å². The van der Waals surface area contributed by atoms with Gasteiger partial charge in [-0.15, -0.1) is 0 Å². The molecule has 2 heterocycles. The molecule has 0 saturated carbocycles. The number of aliphatic hydroxyl groups is 2. The summed E-state index contributed by atoms with van der Waals surface area (Å²) in [6.07, 6.45) is 1.11. The van der Waals surface area contributed by atoms with E-state index in [1.165, 1.54) is 0 Å². The maximum Gasteiger partial charge on any atom is 0.126 e. The molecule has 2 atom stereocenters. The molecule has 2 aromatic carbocycles. The number of hydrogen-bond acceptors (Lipinski definition) is 5. The smallest absolute Gasteiger partial charge is 0.126 e. The van der Waals surface area contributed by atoms with E-state index in [1.807, 2.05) is 50.2 Å². The third kappa shape index (κ3) is 4.45. The van der Waals surface area contributed by atoms with Gasteiger partial charge in [-0.25, -0.2) is 0 Å². The van der Waals surface area contributed by atoms with E-state index in [-0.39, 0.29) is 5.60 Å². The van der Waals surface area contributed by atoms with E-state index in [4.69, 9.17) is 21.1 Å². The first-order valence-corrected chi connectivity index (χ1v) is 11.1. The van der Waals surface area contributed by atoms with Gasteiger partial charge >= 0.3 is 0 Å². The fourth-order valence-corrected chi connectivity index (χ4v) is 4.68. The van der Waals surface area contributed by atoms with E-state index < -0.39 is 12.2 Å². The molecule has 5 nitrogen and oxygen atoms in total. The van der Waals surface area contributed by atoms with Gasteiger partial charge in [0.05, 0.1) is 18.8 Å². The minimum absolute atomic E-state index is 0.354. The van der Waals surface area contributed by atoms with Crippen LogP contribution in [-0.2, 0) is 0 Å². The van der Waals surface area contributed by atoms with E-state index in [2.05, 4.69) is 4.90 Å². The number of likely N-dealkylation sites (tertiary alicyclic amines) is 1. The number of rotatable bonds is 5. The van der Waals surface area contributed by atoms with Gasteiger partial charge in [0.1, 0.15) is 17.1 Å². The summed E-state index contributed by atoms with van der Waals surface area (Å²) >= 11 is 6.23. The zero-order valence-electron chi connectivity index (χ0n) is 17.6. The Kier molecular flexibility index (Phi) is 6.26. The monoisotopic (exact) mass is 431 g/mol. The molecule has 0 radical (unpaired) electrons. The fourth-order valence-electron chi connectivity index (χ4n) is 4.51. The van der Waals surface area contributed by atoms with Crippen molar-refractivity contribution in [2.45, 2.75) is 50.9 Å². The van der Waals surface area contributed by atoms with E-state index in [0.717, 1.165) is 54.1 Å². The van der Waals surface area contributed by atoms with Crippen LogP contribution >= 0.6 is 11.6 Å². The van der Waals surface area contributed by atoms with E-state index in [9.17, 15) is 10.2 Å². The predicted molar refractivity (Wildman–Crippen MR) is 117 cm³/mol. The SMILES string of the molecule is CCOc1ccc(C(O)CN2CCC3(CC2)CC(O)c2cc(Cl)c(C)cc2O3)cc1. The van der Waals surface area contributed by atoms with Crippen molar-refractivity contribution in [1.29, 1.82) is 0 Å². The molecule has 0 bridgehead atoms. The maximum atomic E-state index is 10.7. The summed E-state index contributed by atoms with van der Waals surface area (Å²) in [6, 6.07) is 11.4. The zero-order chi connectivity index (χ0) is 21.3. The lowest BCUT2D eigenvalue weighted by molar-refractivity contribution is -0.0588. The quantitative estimate of drug-likeness (QED) is 0.733. The van der Waals surface area contributed by atoms with Gasteiger partial charge in [-0.05, 0) is 62.1 Å². The molecule has 162 valence electrons. The number of ether oxygens (including phenoxy) is 2. The number of β-amino-alcohol motifs (C(OH)–C–C–N with tert-alkyl or cyclic N) is 1. The minimum atomic E-state index is -0.562. The minimum Gasteiger partial charge on any atom is -0.494 e. The summed E-state index contributed by atoms with van der Waals surface area (Å²) in [7, 11) is 0. The van der Waals surface area contributed by atoms with Crippen molar-refractivity contribution in [3.05, 3.63) is 58.1 Å². The summed E-state index contributed by atoms with van der Waals surface area (Å²) in [6.45, 7) is 6.76. The first-order chi connectivity index (χ1) is 14.4. The van der Waals surface area contributed by atoms with Gasteiger partial charge in [0.15, 0.2) is 0 Å². The molecule has 2 unspecified atom stereocenters. The highest BCUT2D eigenvalue weighted by atomic mass is 35.5. The molecule has 1 saturated heterocycles. The maximum absolute atomic E-state index is 10.7. The van der Waals surface area contributed by atoms with Crippen LogP contribution in [0.1, 0.15) is 55.1 Å². The molecule has 0 aliphatic carbocycles. The van der Waals surface area contributed by atoms with Crippen molar-refractivity contribution in [2.24, 2.45) is 0 Å². The molecule has 4 rings (SSSR count). The topological polar surface area (TPSA) is 62.2 Å². The number of halogens is 1. The molecule has 1 spiro atoms. The van der Waals surface area contributed by atoms with E-state index in [0.29, 0.717) is 24.6 Å². The number of fused-ring (bicyclic) bond motifs is 1. The zero-order valence-corrected chi connectivity index (χ0v) is 18.4. The lowest BCUT2D eigenvalue weighted by atomic mass is 9.81. The molecular formula is C24H30ClNO4. The number of benzene rings is 2. The van der Waals surface area contributed by atoms with Crippen molar-refractivity contribution in [1.82, 2.24) is 4.90 Å². The Balaban J connectivity index is 1.37. The van der Waals surface area contributed by atoms with Gasteiger partial charge in [-0.3, -0.25) is 0 Å². The number of aryl methyl sites for hydroxylation is 1. The highest BCUT2D eigenvalue weighted by Gasteiger charge is 2.43. The molecule has 1 fully saturated rings. The van der Waals surface area contributed by atoms with Crippen molar-refractivity contribution < 1.29 is 19.7 Å². The van der Waals surface area contributed by atoms with Gasteiger partial charge in [0.25, 0.3) is 0 Å². The summed E-state index contributed by atoms with van der Waals surface area (Å²) in [5.74, 6) is 1.57. The Morgan fingerprint density at radius 2 is 1.93 bits per heavy atom. The Bertz CT molecular complexity index is 878. The third-order valence-corrected chi connectivity index (χ3v) is 6.72. The second kappa shape index (κ2) is 8.75. The lowest BCUT2D eigenvalue weighted by Crippen LogP contribution is -2.51. The van der Waals surface area contributed by atoms with Crippen molar-refractivity contribution in [3.8, 4) is 11.5 Å². The average Bonchev–Trinajstić information content (AvgIpc) is 2.72. The van der Waals surface area contributed by atoms with Gasteiger partial charge in [-0.1, -0.05) is 23.7 Å². The molecule has 2 N–H and O–H groups in total. The molecule has 0 amide bonds. The third-order valence-electron chi connectivity index (χ3n) is 6.32. The predicted octanol–water partition coefficient (Wildman–Crippen LogP) is 4.43. The highest BCUT2D eigenvalue weighted by molar-refractivity contribution is 6.31. The van der Waals surface area contributed by atoms with Gasteiger partial charge < -0.3 is 24.6 Å². The summed E-state index contributed by atoms with van der Waals surface area (Å²) in [4.78, 5) is 2.27. The standard InChI is InChI=1S/C24H30ClNO4/c1-3-29-18-6-4-17(5-7-18)22(28)15-26-10-8-24(9-11-26)14-21(27)19-13-20(25)16(2)12-23(19)30-24/h4-7,12-13,21-22,27-28H,3,8-11,14-15H2,1-2H3.